The Hall–Kier alpha value is -3.42. The van der Waals surface area contributed by atoms with Gasteiger partial charge in [0.05, 0.1) is 0 Å². The van der Waals surface area contributed by atoms with E-state index in [1.807, 2.05) is 24.8 Å². The summed E-state index contributed by atoms with van der Waals surface area (Å²) in [7, 11) is 0. The van der Waals surface area contributed by atoms with Gasteiger partial charge >= 0.3 is 6.03 Å². The van der Waals surface area contributed by atoms with Crippen LogP contribution in [-0.2, 0) is 17.9 Å². The molecule has 4 amide bonds. The molecule has 0 spiro atoms. The minimum absolute atomic E-state index is 0.000134. The van der Waals surface area contributed by atoms with Gasteiger partial charge in [0.25, 0.3) is 5.91 Å². The minimum atomic E-state index is -0.180. The van der Waals surface area contributed by atoms with Gasteiger partial charge in [-0.05, 0) is 53.8 Å². The number of fused-ring (bicyclic) bond motifs is 1. The van der Waals surface area contributed by atoms with E-state index < -0.39 is 0 Å². The van der Waals surface area contributed by atoms with Gasteiger partial charge in [-0.15, -0.1) is 0 Å². The highest BCUT2D eigenvalue weighted by Gasteiger charge is 2.28. The largest absolute Gasteiger partial charge is 0.352 e. The predicted molar refractivity (Wildman–Crippen MR) is 121 cm³/mol. The second kappa shape index (κ2) is 9.38. The van der Waals surface area contributed by atoms with Crippen LogP contribution in [0.1, 0.15) is 41.8 Å². The third-order valence-electron chi connectivity index (χ3n) is 6.06. The van der Waals surface area contributed by atoms with E-state index in [-0.39, 0.29) is 29.7 Å². The van der Waals surface area contributed by atoms with Crippen LogP contribution in [0.15, 0.2) is 42.7 Å². The first-order chi connectivity index (χ1) is 15.4. The molecule has 0 radical (unpaired) electrons. The molecule has 0 bridgehead atoms. The van der Waals surface area contributed by atoms with Crippen LogP contribution in [0.4, 0.5) is 10.5 Å². The lowest BCUT2D eigenvalue weighted by atomic mass is 10.1. The van der Waals surface area contributed by atoms with E-state index in [0.29, 0.717) is 37.4 Å². The Bertz CT molecular complexity index is 980. The summed E-state index contributed by atoms with van der Waals surface area (Å²) in [5.74, 6) is 0.296. The molecule has 1 fully saturated rings. The molecule has 1 atom stereocenters. The van der Waals surface area contributed by atoms with Gasteiger partial charge in [0.1, 0.15) is 0 Å². The fourth-order valence-electron chi connectivity index (χ4n) is 4.17. The van der Waals surface area contributed by atoms with Crippen LogP contribution in [0.5, 0.6) is 0 Å². The zero-order chi connectivity index (χ0) is 22.7. The highest BCUT2D eigenvalue weighted by Crippen LogP contribution is 2.22. The lowest BCUT2D eigenvalue weighted by Crippen LogP contribution is -2.34. The van der Waals surface area contributed by atoms with Crippen LogP contribution in [0.25, 0.3) is 0 Å². The van der Waals surface area contributed by atoms with E-state index in [1.165, 1.54) is 0 Å². The fraction of sp³-hybridized carbons (Fsp3) is 0.417. The number of anilines is 1. The maximum Gasteiger partial charge on any atom is 0.322 e. The summed E-state index contributed by atoms with van der Waals surface area (Å²) in [5.41, 5.74) is 3.35. The van der Waals surface area contributed by atoms with Crippen LogP contribution in [0.3, 0.4) is 0 Å². The van der Waals surface area contributed by atoms with Gasteiger partial charge in [-0.25, -0.2) is 4.79 Å². The molecule has 8 nitrogen and oxygen atoms in total. The van der Waals surface area contributed by atoms with Crippen molar-refractivity contribution in [3.8, 4) is 0 Å². The van der Waals surface area contributed by atoms with Gasteiger partial charge in [-0.1, -0.05) is 13.8 Å². The number of pyridine rings is 1. The van der Waals surface area contributed by atoms with Crippen molar-refractivity contribution in [3.63, 3.8) is 0 Å². The molecule has 2 aliphatic heterocycles. The Labute approximate surface area is 188 Å². The lowest BCUT2D eigenvalue weighted by molar-refractivity contribution is -0.133. The standard InChI is InChI=1S/C24H29N5O3/c1-16(2)23(31)28-10-8-17(13-28)11-26-22(30)18-3-5-21(6-4-18)27-24(32)29-14-19-7-9-25-12-20(19)15-29/h3-7,9,12,16-17H,8,10-11,13-15H2,1-2H3,(H,26,30)(H,27,32)/t17-/m1/s1. The van der Waals surface area contributed by atoms with Crippen LogP contribution < -0.4 is 10.6 Å². The average molecular weight is 436 g/mol. The van der Waals surface area contributed by atoms with Gasteiger partial charge in [0.15, 0.2) is 0 Å². The molecule has 0 aliphatic carbocycles. The molecule has 2 N–H and O–H groups in total. The van der Waals surface area contributed by atoms with Crippen molar-refractivity contribution in [3.05, 3.63) is 59.4 Å². The Kier molecular flexibility index (Phi) is 6.39. The number of amides is 4. The second-order valence-corrected chi connectivity index (χ2v) is 8.81. The molecule has 32 heavy (non-hydrogen) atoms. The molecule has 1 aromatic heterocycles. The van der Waals surface area contributed by atoms with Crippen LogP contribution >= 0.6 is 0 Å². The zero-order valence-corrected chi connectivity index (χ0v) is 18.5. The molecule has 0 unspecified atom stereocenters. The van der Waals surface area contributed by atoms with E-state index in [2.05, 4.69) is 15.6 Å². The van der Waals surface area contributed by atoms with E-state index in [1.54, 1.807) is 41.6 Å². The number of nitrogens with one attached hydrogen (secondary N) is 2. The average Bonchev–Trinajstić information content (AvgIpc) is 3.44. The number of hydrogen-bond donors (Lipinski definition) is 2. The van der Waals surface area contributed by atoms with Gasteiger partial charge in [0.2, 0.25) is 5.91 Å². The topological polar surface area (TPSA) is 94.6 Å². The quantitative estimate of drug-likeness (QED) is 0.755. The maximum atomic E-state index is 12.6. The number of rotatable bonds is 5. The van der Waals surface area contributed by atoms with Crippen molar-refractivity contribution in [2.45, 2.75) is 33.4 Å². The summed E-state index contributed by atoms with van der Waals surface area (Å²) in [5, 5.41) is 5.85. The molecular formula is C24H29N5O3. The fourth-order valence-corrected chi connectivity index (χ4v) is 4.17. The molecule has 4 rings (SSSR count). The van der Waals surface area contributed by atoms with Gasteiger partial charge < -0.3 is 20.4 Å². The first kappa shape index (κ1) is 21.8. The molecular weight excluding hydrogens is 406 g/mol. The molecule has 0 saturated carbocycles. The first-order valence-electron chi connectivity index (χ1n) is 11.1. The molecule has 1 saturated heterocycles. The summed E-state index contributed by atoms with van der Waals surface area (Å²) in [6, 6.07) is 8.63. The van der Waals surface area contributed by atoms with Crippen molar-refractivity contribution in [1.29, 1.82) is 0 Å². The minimum Gasteiger partial charge on any atom is -0.352 e. The van der Waals surface area contributed by atoms with E-state index >= 15 is 0 Å². The second-order valence-electron chi connectivity index (χ2n) is 8.81. The normalized spacial score (nSPS) is 17.4. The molecule has 8 heteroatoms. The number of hydrogen-bond acceptors (Lipinski definition) is 4. The maximum absolute atomic E-state index is 12.6. The lowest BCUT2D eigenvalue weighted by Gasteiger charge is -2.19. The van der Waals surface area contributed by atoms with E-state index in [0.717, 1.165) is 24.1 Å². The molecule has 2 aliphatic rings. The number of aromatic nitrogens is 1. The van der Waals surface area contributed by atoms with Crippen molar-refractivity contribution in [2.24, 2.45) is 11.8 Å². The Morgan fingerprint density at radius 1 is 1.06 bits per heavy atom. The smallest absolute Gasteiger partial charge is 0.322 e. The molecule has 2 aromatic rings. The Morgan fingerprint density at radius 2 is 1.81 bits per heavy atom. The summed E-state index contributed by atoms with van der Waals surface area (Å²) >= 11 is 0. The van der Waals surface area contributed by atoms with Crippen molar-refractivity contribution in [2.75, 3.05) is 25.0 Å². The summed E-state index contributed by atoms with van der Waals surface area (Å²) < 4.78 is 0. The summed E-state index contributed by atoms with van der Waals surface area (Å²) in [6.45, 7) is 6.91. The third-order valence-corrected chi connectivity index (χ3v) is 6.06. The van der Waals surface area contributed by atoms with E-state index in [4.69, 9.17) is 0 Å². The number of benzene rings is 1. The summed E-state index contributed by atoms with van der Waals surface area (Å²) in [4.78, 5) is 44.9. The highest BCUT2D eigenvalue weighted by atomic mass is 16.2. The molecule has 168 valence electrons. The van der Waals surface area contributed by atoms with Crippen molar-refractivity contribution >= 4 is 23.5 Å². The number of likely N-dealkylation sites (tertiary alicyclic amines) is 1. The monoisotopic (exact) mass is 435 g/mol. The van der Waals surface area contributed by atoms with E-state index in [9.17, 15) is 14.4 Å². The number of urea groups is 1. The zero-order valence-electron chi connectivity index (χ0n) is 18.5. The Balaban J connectivity index is 1.24. The number of carbonyl (C=O) groups is 3. The van der Waals surface area contributed by atoms with Gasteiger partial charge in [-0.3, -0.25) is 14.6 Å². The molecule has 3 heterocycles. The number of carbonyl (C=O) groups excluding carboxylic acids is 3. The third kappa shape index (κ3) is 4.90. The first-order valence-corrected chi connectivity index (χ1v) is 11.1. The van der Waals surface area contributed by atoms with Crippen molar-refractivity contribution < 1.29 is 14.4 Å². The Morgan fingerprint density at radius 3 is 2.53 bits per heavy atom. The van der Waals surface area contributed by atoms with Crippen LogP contribution in [0, 0.1) is 11.8 Å². The van der Waals surface area contributed by atoms with Gasteiger partial charge in [-0.2, -0.15) is 0 Å². The van der Waals surface area contributed by atoms with Crippen LogP contribution in [0.2, 0.25) is 0 Å². The summed E-state index contributed by atoms with van der Waals surface area (Å²) in [6.07, 6.45) is 4.43. The van der Waals surface area contributed by atoms with Gasteiger partial charge in [0, 0.05) is 62.3 Å². The number of nitrogens with zero attached hydrogens (tertiary/aromatic N) is 3. The molecule has 1 aromatic carbocycles. The predicted octanol–water partition coefficient (Wildman–Crippen LogP) is 2.86. The van der Waals surface area contributed by atoms with Crippen LogP contribution in [-0.4, -0.2) is 52.3 Å². The SMILES string of the molecule is CC(C)C(=O)N1CC[C@H](CNC(=O)c2ccc(NC(=O)N3Cc4ccncc4C3)cc2)C1. The highest BCUT2D eigenvalue weighted by molar-refractivity contribution is 5.95. The van der Waals surface area contributed by atoms with Crippen molar-refractivity contribution in [1.82, 2.24) is 20.1 Å².